The van der Waals surface area contributed by atoms with Crippen molar-refractivity contribution in [2.75, 3.05) is 13.2 Å². The quantitative estimate of drug-likeness (QED) is 0.125. The van der Waals surface area contributed by atoms with Gasteiger partial charge in [-0.25, -0.2) is 0 Å². The minimum absolute atomic E-state index is 0.0305. The number of fused-ring (bicyclic) bond motifs is 7. The van der Waals surface area contributed by atoms with E-state index in [1.807, 2.05) is 0 Å². The zero-order valence-corrected chi connectivity index (χ0v) is 38.3. The van der Waals surface area contributed by atoms with Crippen molar-refractivity contribution < 1.29 is 79.2 Å². The molecular formula is C47H76O16. The molecule has 3 saturated heterocycles. The molecule has 0 bridgehead atoms. The molecule has 8 rings (SSSR count). The molecule has 22 atom stereocenters. The number of carbonyl (C=O) groups is 1. The van der Waals surface area contributed by atoms with E-state index in [4.69, 9.17) is 28.4 Å². The lowest BCUT2D eigenvalue weighted by Crippen LogP contribution is -2.66. The second-order valence-electron chi connectivity index (χ2n) is 23.1. The minimum Gasteiger partial charge on any atom is -0.481 e. The topological polar surface area (TPSA) is 255 Å². The first-order chi connectivity index (χ1) is 29.3. The smallest absolute Gasteiger partial charge is 0.310 e. The van der Waals surface area contributed by atoms with Crippen molar-refractivity contribution in [1.29, 1.82) is 0 Å². The molecule has 16 heteroatoms. The van der Waals surface area contributed by atoms with Crippen LogP contribution in [-0.2, 0) is 33.2 Å². The summed E-state index contributed by atoms with van der Waals surface area (Å²) in [4.78, 5) is 13.1. The van der Waals surface area contributed by atoms with Gasteiger partial charge in [0.1, 0.15) is 61.0 Å². The first-order valence-corrected chi connectivity index (χ1v) is 23.6. The lowest BCUT2D eigenvalue weighted by atomic mass is 9.33. The van der Waals surface area contributed by atoms with Crippen LogP contribution in [0.15, 0.2) is 11.6 Å². The molecule has 0 unspecified atom stereocenters. The third-order valence-corrected chi connectivity index (χ3v) is 18.9. The van der Waals surface area contributed by atoms with Crippen LogP contribution in [0.5, 0.6) is 0 Å². The summed E-state index contributed by atoms with van der Waals surface area (Å²) in [5.74, 6) is 0.00904. The Bertz CT molecular complexity index is 1720. The molecule has 360 valence electrons. The Morgan fingerprint density at radius 2 is 1.38 bits per heavy atom. The molecule has 0 aromatic heterocycles. The summed E-state index contributed by atoms with van der Waals surface area (Å²) < 4.78 is 36.0. The Kier molecular flexibility index (Phi) is 12.8. The van der Waals surface area contributed by atoms with Crippen molar-refractivity contribution in [2.24, 2.45) is 50.2 Å². The Labute approximate surface area is 371 Å². The van der Waals surface area contributed by atoms with Gasteiger partial charge in [0.05, 0.1) is 30.8 Å². The van der Waals surface area contributed by atoms with Crippen LogP contribution in [0.1, 0.15) is 120 Å². The molecule has 0 aromatic rings. The highest BCUT2D eigenvalue weighted by molar-refractivity contribution is 5.76. The van der Waals surface area contributed by atoms with Gasteiger partial charge in [0.15, 0.2) is 18.9 Å². The number of aliphatic carboxylic acids is 1. The highest BCUT2D eigenvalue weighted by Gasteiger charge is 2.69. The molecule has 3 aliphatic heterocycles. The number of carboxylic acid groups (broad SMARTS) is 1. The second kappa shape index (κ2) is 16.7. The normalized spacial score (nSPS) is 54.1. The fourth-order valence-corrected chi connectivity index (χ4v) is 14.7. The van der Waals surface area contributed by atoms with Crippen LogP contribution in [0, 0.1) is 50.2 Å². The molecule has 0 spiro atoms. The van der Waals surface area contributed by atoms with E-state index in [0.29, 0.717) is 18.8 Å². The monoisotopic (exact) mass is 897 g/mol. The maximum Gasteiger partial charge on any atom is 0.310 e. The first-order valence-electron chi connectivity index (χ1n) is 23.6. The van der Waals surface area contributed by atoms with Gasteiger partial charge >= 0.3 is 5.97 Å². The third kappa shape index (κ3) is 7.60. The average Bonchev–Trinajstić information content (AvgIpc) is 3.21. The number of allylic oxidation sites excluding steroid dienone is 2. The summed E-state index contributed by atoms with van der Waals surface area (Å²) in [5, 5.41) is 96.4. The van der Waals surface area contributed by atoms with Crippen LogP contribution in [-0.4, -0.2) is 157 Å². The van der Waals surface area contributed by atoms with Crippen LogP contribution in [0.25, 0.3) is 0 Å². The van der Waals surface area contributed by atoms with Gasteiger partial charge < -0.3 is 74.4 Å². The van der Waals surface area contributed by atoms with Crippen LogP contribution < -0.4 is 0 Å². The maximum atomic E-state index is 13.1. The molecule has 7 fully saturated rings. The van der Waals surface area contributed by atoms with Crippen molar-refractivity contribution in [1.82, 2.24) is 0 Å². The van der Waals surface area contributed by atoms with E-state index in [0.717, 1.165) is 51.4 Å². The van der Waals surface area contributed by atoms with Crippen molar-refractivity contribution in [2.45, 2.75) is 212 Å². The van der Waals surface area contributed by atoms with E-state index >= 15 is 0 Å². The van der Waals surface area contributed by atoms with Gasteiger partial charge in [-0.05, 0) is 116 Å². The van der Waals surface area contributed by atoms with Crippen molar-refractivity contribution >= 4 is 5.97 Å². The van der Waals surface area contributed by atoms with Gasteiger partial charge in [0.2, 0.25) is 0 Å². The Morgan fingerprint density at radius 1 is 0.714 bits per heavy atom. The molecule has 8 aliphatic rings. The average molecular weight is 897 g/mol. The van der Waals surface area contributed by atoms with Crippen LogP contribution in [0.2, 0.25) is 0 Å². The molecule has 9 N–H and O–H groups in total. The number of hydrogen-bond acceptors (Lipinski definition) is 15. The largest absolute Gasteiger partial charge is 0.481 e. The van der Waals surface area contributed by atoms with Gasteiger partial charge in [0.25, 0.3) is 0 Å². The van der Waals surface area contributed by atoms with Crippen molar-refractivity contribution in [3.63, 3.8) is 0 Å². The SMILES string of the molecule is C[C@@H]1O[C@@H](OC[C@H]2O[C@@H](O[C@H]3[C@H](O[C@H]4CC[C@]5(C)[C@H]6CC=C7[C@H]8CC(C)(C)CC[C@@]8(C(=O)O)CC[C@]7(C)[C@@]6(C)CC[C@H]5C4(C)C)OC[C@H](O)[C@@H]3O)[C@H](O)[C@@H](O)[C@@H]2O)[C@H](O)[C@H](O)[C@H]1O. The van der Waals surface area contributed by atoms with Crippen LogP contribution in [0.3, 0.4) is 0 Å². The minimum atomic E-state index is -1.80. The van der Waals surface area contributed by atoms with Gasteiger partial charge in [-0.3, -0.25) is 4.79 Å². The van der Waals surface area contributed by atoms with E-state index in [2.05, 4.69) is 54.5 Å². The number of rotatable bonds is 8. The lowest BCUT2D eigenvalue weighted by Gasteiger charge is -2.71. The van der Waals surface area contributed by atoms with Gasteiger partial charge in [-0.15, -0.1) is 0 Å². The number of carboxylic acids is 1. The second-order valence-corrected chi connectivity index (χ2v) is 23.1. The van der Waals surface area contributed by atoms with Gasteiger partial charge in [-0.2, -0.15) is 0 Å². The van der Waals surface area contributed by atoms with E-state index in [1.54, 1.807) is 0 Å². The van der Waals surface area contributed by atoms with E-state index in [9.17, 15) is 50.8 Å². The van der Waals surface area contributed by atoms with Gasteiger partial charge in [0, 0.05) is 0 Å². The predicted molar refractivity (Wildman–Crippen MR) is 223 cm³/mol. The van der Waals surface area contributed by atoms with Gasteiger partial charge in [-0.1, -0.05) is 60.1 Å². The van der Waals surface area contributed by atoms with Crippen molar-refractivity contribution in [3.8, 4) is 0 Å². The van der Waals surface area contributed by atoms with E-state index in [-0.39, 0.29) is 51.6 Å². The summed E-state index contributed by atoms with van der Waals surface area (Å²) in [6.45, 7) is 17.2. The van der Waals surface area contributed by atoms with E-state index < -0.39 is 104 Å². The molecule has 63 heavy (non-hydrogen) atoms. The standard InChI is InChI=1S/C47H76O16/c1-22-30(49)33(52)35(54)38(60-22)59-21-26-32(51)34(53)36(55)39(61-26)63-37-31(50)25(48)20-58-40(37)62-29-12-13-44(6)27(43(29,4)5)11-14-46(8)28(44)10-9-23-24-19-42(2,3)15-17-47(24,41(56)57)18-16-45(23,46)7/h9,22,24-40,48-55H,10-21H2,1-8H3,(H,56,57)/t22-,24+,25-,26+,27-,28+,29-,30-,31-,32+,33+,34-,35+,36+,37+,38+,39-,40-,44-,45-,46-,47+/m0/s1. The molecule has 3 heterocycles. The Morgan fingerprint density at radius 3 is 2.08 bits per heavy atom. The third-order valence-electron chi connectivity index (χ3n) is 18.9. The first kappa shape index (κ1) is 48.1. The fraction of sp³-hybridized carbons (Fsp3) is 0.936. The zero-order valence-electron chi connectivity index (χ0n) is 38.3. The van der Waals surface area contributed by atoms with Crippen molar-refractivity contribution in [3.05, 3.63) is 11.6 Å². The molecule has 0 aromatic carbocycles. The number of aliphatic hydroxyl groups is 8. The van der Waals surface area contributed by atoms with Crippen LogP contribution >= 0.6 is 0 Å². The Hall–Kier alpha value is -1.35. The molecule has 0 radical (unpaired) electrons. The maximum absolute atomic E-state index is 13.1. The molecule has 4 saturated carbocycles. The molecular weight excluding hydrogens is 821 g/mol. The molecule has 5 aliphatic carbocycles. The predicted octanol–water partition coefficient (Wildman–Crippen LogP) is 2.37. The summed E-state index contributed by atoms with van der Waals surface area (Å²) in [6, 6.07) is 0. The lowest BCUT2D eigenvalue weighted by molar-refractivity contribution is -0.371. The summed E-state index contributed by atoms with van der Waals surface area (Å²) >= 11 is 0. The highest BCUT2D eigenvalue weighted by Crippen LogP contribution is 2.76. The fourth-order valence-electron chi connectivity index (χ4n) is 14.7. The molecule has 0 amide bonds. The number of ether oxygens (including phenoxy) is 6. The highest BCUT2D eigenvalue weighted by atomic mass is 16.8. The molecule has 16 nitrogen and oxygen atoms in total. The zero-order chi connectivity index (χ0) is 46.0. The summed E-state index contributed by atoms with van der Waals surface area (Å²) in [7, 11) is 0. The summed E-state index contributed by atoms with van der Waals surface area (Å²) in [5.41, 5.74) is 0.187. The number of hydrogen-bond donors (Lipinski definition) is 9. The Balaban J connectivity index is 0.983. The number of aliphatic hydroxyl groups excluding tert-OH is 8. The van der Waals surface area contributed by atoms with E-state index in [1.165, 1.54) is 12.5 Å². The van der Waals surface area contributed by atoms with Crippen LogP contribution in [0.4, 0.5) is 0 Å². The summed E-state index contributed by atoms with van der Waals surface area (Å²) in [6.07, 6.45) is -10.0.